The predicted molar refractivity (Wildman–Crippen MR) is 93.8 cm³/mol. The van der Waals surface area contributed by atoms with Gasteiger partial charge in [-0.05, 0) is 45.2 Å². The number of fused-ring (bicyclic) bond motifs is 1. The maximum absolute atomic E-state index is 6.12. The second-order valence-corrected chi connectivity index (χ2v) is 7.60. The lowest BCUT2D eigenvalue weighted by atomic mass is 9.73. The van der Waals surface area contributed by atoms with Crippen LogP contribution in [0.5, 0.6) is 0 Å². The fourth-order valence-electron chi connectivity index (χ4n) is 4.60. The molecule has 132 valence electrons. The summed E-state index contributed by atoms with van der Waals surface area (Å²) in [5.74, 6) is 0. The summed E-state index contributed by atoms with van der Waals surface area (Å²) < 4.78 is 12.0. The quantitative estimate of drug-likeness (QED) is 0.531. The van der Waals surface area contributed by atoms with Crippen LogP contribution in [0.2, 0.25) is 0 Å². The van der Waals surface area contributed by atoms with Gasteiger partial charge in [-0.2, -0.15) is 0 Å². The van der Waals surface area contributed by atoms with Crippen LogP contribution in [0.4, 0.5) is 0 Å². The third-order valence-corrected chi connectivity index (χ3v) is 5.87. The molecule has 3 aliphatic heterocycles. The summed E-state index contributed by atoms with van der Waals surface area (Å²) >= 11 is 0. The standard InChI is InChI=1S/C19H34N2O2/c1-2-14-22-17-19-8-6-15-23-18(19)7-11-21(16-19)13-12-20-9-4-3-5-10-20/h2,18H,1,3-17H2. The van der Waals surface area contributed by atoms with Crippen molar-refractivity contribution in [2.24, 2.45) is 5.41 Å². The highest BCUT2D eigenvalue weighted by molar-refractivity contribution is 4.97. The van der Waals surface area contributed by atoms with Crippen molar-refractivity contribution in [3.05, 3.63) is 12.7 Å². The number of piperidine rings is 2. The zero-order valence-electron chi connectivity index (χ0n) is 14.7. The van der Waals surface area contributed by atoms with Crippen molar-refractivity contribution in [3.8, 4) is 0 Å². The summed E-state index contributed by atoms with van der Waals surface area (Å²) in [5, 5.41) is 0. The molecule has 2 atom stereocenters. The molecule has 0 aromatic carbocycles. The summed E-state index contributed by atoms with van der Waals surface area (Å²) in [6.45, 7) is 13.5. The number of ether oxygens (including phenoxy) is 2. The molecular weight excluding hydrogens is 288 g/mol. The molecule has 2 unspecified atom stereocenters. The Balaban J connectivity index is 1.53. The molecule has 0 radical (unpaired) electrons. The minimum atomic E-state index is 0.210. The molecule has 3 heterocycles. The van der Waals surface area contributed by atoms with E-state index >= 15 is 0 Å². The summed E-state index contributed by atoms with van der Waals surface area (Å²) in [7, 11) is 0. The molecule has 0 amide bonds. The van der Waals surface area contributed by atoms with E-state index in [2.05, 4.69) is 16.4 Å². The van der Waals surface area contributed by atoms with Crippen LogP contribution in [0.15, 0.2) is 12.7 Å². The van der Waals surface area contributed by atoms with Crippen LogP contribution < -0.4 is 0 Å². The first-order valence-corrected chi connectivity index (χ1v) is 9.57. The van der Waals surface area contributed by atoms with Crippen molar-refractivity contribution in [2.75, 3.05) is 59.1 Å². The smallest absolute Gasteiger partial charge is 0.0677 e. The Morgan fingerprint density at radius 1 is 1.09 bits per heavy atom. The molecule has 0 spiro atoms. The van der Waals surface area contributed by atoms with Crippen molar-refractivity contribution in [1.29, 1.82) is 0 Å². The van der Waals surface area contributed by atoms with Crippen molar-refractivity contribution in [1.82, 2.24) is 9.80 Å². The Bertz CT molecular complexity index is 370. The summed E-state index contributed by atoms with van der Waals surface area (Å²) in [6.07, 6.45) is 10.0. The summed E-state index contributed by atoms with van der Waals surface area (Å²) in [6, 6.07) is 0. The van der Waals surface area contributed by atoms with E-state index in [4.69, 9.17) is 9.47 Å². The van der Waals surface area contributed by atoms with E-state index in [9.17, 15) is 0 Å². The summed E-state index contributed by atoms with van der Waals surface area (Å²) in [4.78, 5) is 5.31. The van der Waals surface area contributed by atoms with Gasteiger partial charge in [0.25, 0.3) is 0 Å². The lowest BCUT2D eigenvalue weighted by Crippen LogP contribution is -2.57. The van der Waals surface area contributed by atoms with Gasteiger partial charge >= 0.3 is 0 Å². The highest BCUT2D eigenvalue weighted by atomic mass is 16.5. The maximum Gasteiger partial charge on any atom is 0.0677 e. The average molecular weight is 322 g/mol. The molecule has 0 N–H and O–H groups in total. The van der Waals surface area contributed by atoms with Gasteiger partial charge in [0.05, 0.1) is 19.3 Å². The van der Waals surface area contributed by atoms with Crippen LogP contribution in [0, 0.1) is 5.41 Å². The monoisotopic (exact) mass is 322 g/mol. The molecule has 0 bridgehead atoms. The minimum absolute atomic E-state index is 0.210. The topological polar surface area (TPSA) is 24.9 Å². The molecule has 23 heavy (non-hydrogen) atoms. The lowest BCUT2D eigenvalue weighted by Gasteiger charge is -2.50. The maximum atomic E-state index is 6.12. The van der Waals surface area contributed by atoms with Crippen LogP contribution in [0.25, 0.3) is 0 Å². The van der Waals surface area contributed by atoms with Crippen LogP contribution in [0.3, 0.4) is 0 Å². The number of hydrogen-bond donors (Lipinski definition) is 0. The lowest BCUT2D eigenvalue weighted by molar-refractivity contribution is -0.151. The average Bonchev–Trinajstić information content (AvgIpc) is 2.61. The number of nitrogens with zero attached hydrogens (tertiary/aromatic N) is 2. The van der Waals surface area contributed by atoms with Crippen molar-refractivity contribution in [2.45, 2.75) is 44.6 Å². The number of likely N-dealkylation sites (tertiary alicyclic amines) is 2. The van der Waals surface area contributed by atoms with Crippen molar-refractivity contribution >= 4 is 0 Å². The molecule has 0 aromatic heterocycles. The normalized spacial score (nSPS) is 33.3. The van der Waals surface area contributed by atoms with Gasteiger partial charge in [0, 0.05) is 38.2 Å². The highest BCUT2D eigenvalue weighted by Gasteiger charge is 2.45. The van der Waals surface area contributed by atoms with Crippen molar-refractivity contribution in [3.63, 3.8) is 0 Å². The largest absolute Gasteiger partial charge is 0.377 e. The zero-order valence-corrected chi connectivity index (χ0v) is 14.7. The second kappa shape index (κ2) is 8.61. The molecule has 3 rings (SSSR count). The van der Waals surface area contributed by atoms with Gasteiger partial charge < -0.3 is 19.3 Å². The third-order valence-electron chi connectivity index (χ3n) is 5.87. The van der Waals surface area contributed by atoms with E-state index in [-0.39, 0.29) is 5.41 Å². The molecule has 4 heteroatoms. The van der Waals surface area contributed by atoms with Crippen LogP contribution >= 0.6 is 0 Å². The first kappa shape index (κ1) is 17.4. The first-order chi connectivity index (χ1) is 11.3. The van der Waals surface area contributed by atoms with E-state index in [1.165, 1.54) is 64.8 Å². The van der Waals surface area contributed by atoms with Crippen molar-refractivity contribution < 1.29 is 9.47 Å². The van der Waals surface area contributed by atoms with E-state index < -0.39 is 0 Å². The van der Waals surface area contributed by atoms with Crippen LogP contribution in [-0.4, -0.2) is 75.0 Å². The first-order valence-electron chi connectivity index (χ1n) is 9.57. The van der Waals surface area contributed by atoms with Crippen LogP contribution in [-0.2, 0) is 9.47 Å². The van der Waals surface area contributed by atoms with Crippen LogP contribution in [0.1, 0.15) is 38.5 Å². The second-order valence-electron chi connectivity index (χ2n) is 7.60. The van der Waals surface area contributed by atoms with Gasteiger partial charge in [-0.3, -0.25) is 0 Å². The fraction of sp³-hybridized carbons (Fsp3) is 0.895. The molecule has 3 saturated heterocycles. The molecule has 0 aromatic rings. The van der Waals surface area contributed by atoms with E-state index in [0.717, 1.165) is 26.2 Å². The minimum Gasteiger partial charge on any atom is -0.377 e. The van der Waals surface area contributed by atoms with Gasteiger partial charge in [0.1, 0.15) is 0 Å². The Morgan fingerprint density at radius 2 is 1.91 bits per heavy atom. The third kappa shape index (κ3) is 4.56. The highest BCUT2D eigenvalue weighted by Crippen LogP contribution is 2.40. The SMILES string of the molecule is C=CCOCC12CCCOC1CCN(CCN1CCCCC1)C2. The zero-order chi connectivity index (χ0) is 16.0. The van der Waals surface area contributed by atoms with E-state index in [1.807, 2.05) is 6.08 Å². The van der Waals surface area contributed by atoms with Gasteiger partial charge in [-0.25, -0.2) is 0 Å². The van der Waals surface area contributed by atoms with E-state index in [0.29, 0.717) is 12.7 Å². The van der Waals surface area contributed by atoms with Gasteiger partial charge in [0.15, 0.2) is 0 Å². The predicted octanol–water partition coefficient (Wildman–Crippen LogP) is 2.55. The van der Waals surface area contributed by atoms with E-state index in [1.54, 1.807) is 0 Å². The molecular formula is C19H34N2O2. The summed E-state index contributed by atoms with van der Waals surface area (Å²) in [5.41, 5.74) is 0.210. The Hall–Kier alpha value is -0.420. The van der Waals surface area contributed by atoms with Gasteiger partial charge in [-0.1, -0.05) is 12.5 Å². The molecule has 3 aliphatic rings. The Morgan fingerprint density at radius 3 is 2.74 bits per heavy atom. The number of hydrogen-bond acceptors (Lipinski definition) is 4. The fourth-order valence-corrected chi connectivity index (χ4v) is 4.60. The molecule has 3 fully saturated rings. The number of rotatable bonds is 7. The molecule has 0 aliphatic carbocycles. The molecule has 0 saturated carbocycles. The Kier molecular flexibility index (Phi) is 6.52. The molecule has 4 nitrogen and oxygen atoms in total. The van der Waals surface area contributed by atoms with Gasteiger partial charge in [-0.15, -0.1) is 6.58 Å². The Labute approximate surface area is 141 Å². The van der Waals surface area contributed by atoms with Gasteiger partial charge in [0.2, 0.25) is 0 Å².